The molecule has 0 saturated carbocycles. The van der Waals surface area contributed by atoms with Crippen molar-refractivity contribution in [1.29, 1.82) is 0 Å². The quantitative estimate of drug-likeness (QED) is 0.135. The number of hydrogen-bond donors (Lipinski definition) is 2. The molecule has 0 radical (unpaired) electrons. The van der Waals surface area contributed by atoms with Gasteiger partial charge in [0.15, 0.2) is 0 Å². The van der Waals surface area contributed by atoms with E-state index in [2.05, 4.69) is 47.0 Å². The fourth-order valence-corrected chi connectivity index (χ4v) is 5.99. The molecule has 0 fully saturated rings. The highest BCUT2D eigenvalue weighted by atomic mass is 32.2. The van der Waals surface area contributed by atoms with E-state index in [0.717, 1.165) is 33.6 Å². The zero-order valence-corrected chi connectivity index (χ0v) is 24.0. The van der Waals surface area contributed by atoms with Gasteiger partial charge in [-0.1, -0.05) is 91.0 Å². The van der Waals surface area contributed by atoms with Crippen LogP contribution in [0.5, 0.6) is 0 Å². The average Bonchev–Trinajstić information content (AvgIpc) is 2.98. The van der Waals surface area contributed by atoms with Gasteiger partial charge in [0.25, 0.3) is 0 Å². The molecule has 0 aliphatic carbocycles. The lowest BCUT2D eigenvalue weighted by Gasteiger charge is -2.26. The lowest BCUT2D eigenvalue weighted by atomic mass is 9.81. The Kier molecular flexibility index (Phi) is 8.53. The molecule has 0 aliphatic heterocycles. The monoisotopic (exact) mass is 561 g/mol. The molecule has 2 N–H and O–H groups in total. The first-order chi connectivity index (χ1) is 19.8. The van der Waals surface area contributed by atoms with Crippen molar-refractivity contribution in [2.75, 3.05) is 10.6 Å². The van der Waals surface area contributed by atoms with E-state index in [9.17, 15) is 13.0 Å². The maximum atomic E-state index is 12.4. The lowest BCUT2D eigenvalue weighted by molar-refractivity contribution is 0.462. The van der Waals surface area contributed by atoms with E-state index in [1.54, 1.807) is 18.2 Å². The molecule has 0 unspecified atom stereocenters. The van der Waals surface area contributed by atoms with Gasteiger partial charge in [-0.25, -0.2) is 8.42 Å². The van der Waals surface area contributed by atoms with E-state index in [4.69, 9.17) is 0 Å². The summed E-state index contributed by atoms with van der Waals surface area (Å²) >= 11 is 0. The predicted molar refractivity (Wildman–Crippen MR) is 165 cm³/mol. The van der Waals surface area contributed by atoms with Crippen LogP contribution in [-0.2, 0) is 23.2 Å². The van der Waals surface area contributed by atoms with Crippen molar-refractivity contribution in [1.82, 2.24) is 0 Å². The van der Waals surface area contributed by atoms with Crippen LogP contribution in [0, 0.1) is 13.8 Å². The largest absolute Gasteiger partial charge is 0.744 e. The molecular formula is C35H33N2O3S-. The van der Waals surface area contributed by atoms with Gasteiger partial charge in [-0.05, 0) is 83.1 Å². The average molecular weight is 562 g/mol. The van der Waals surface area contributed by atoms with Gasteiger partial charge in [-0.15, -0.1) is 0 Å². The van der Waals surface area contributed by atoms with E-state index in [-0.39, 0.29) is 4.90 Å². The minimum atomic E-state index is -4.69. The fourth-order valence-electron chi connectivity index (χ4n) is 5.27. The van der Waals surface area contributed by atoms with Crippen LogP contribution in [0.3, 0.4) is 0 Å². The SMILES string of the molecule is Cc1cc(NCc2ccccc2)ccc1C(c1ccc(NCc2ccccc2)cc1C)c1ccccc1S(=O)(=O)[O-]. The first-order valence-corrected chi connectivity index (χ1v) is 15.0. The van der Waals surface area contributed by atoms with Crippen LogP contribution >= 0.6 is 0 Å². The predicted octanol–water partition coefficient (Wildman–Crippen LogP) is 7.61. The number of benzene rings is 5. The third-order valence-electron chi connectivity index (χ3n) is 7.34. The first-order valence-electron chi connectivity index (χ1n) is 13.6. The van der Waals surface area contributed by atoms with Crippen LogP contribution in [0.1, 0.15) is 44.9 Å². The summed E-state index contributed by atoms with van der Waals surface area (Å²) in [5, 5.41) is 6.95. The van der Waals surface area contributed by atoms with E-state index >= 15 is 0 Å². The summed E-state index contributed by atoms with van der Waals surface area (Å²) in [6.07, 6.45) is 0. The number of aryl methyl sites for hydroxylation is 2. The molecule has 0 atom stereocenters. The Hall–Kier alpha value is -4.39. The maximum Gasteiger partial charge on any atom is 0.124 e. The molecule has 0 aromatic heterocycles. The molecule has 5 aromatic rings. The minimum Gasteiger partial charge on any atom is -0.744 e. The number of rotatable bonds is 10. The summed E-state index contributed by atoms with van der Waals surface area (Å²) in [4.78, 5) is -0.193. The maximum absolute atomic E-state index is 12.4. The van der Waals surface area contributed by atoms with Gasteiger partial charge in [0, 0.05) is 30.4 Å². The molecule has 41 heavy (non-hydrogen) atoms. The molecule has 0 aliphatic rings. The van der Waals surface area contributed by atoms with Crippen LogP contribution in [0.25, 0.3) is 0 Å². The van der Waals surface area contributed by atoms with Crippen molar-refractivity contribution >= 4 is 21.5 Å². The van der Waals surface area contributed by atoms with Crippen LogP contribution in [0.4, 0.5) is 11.4 Å². The van der Waals surface area contributed by atoms with Gasteiger partial charge >= 0.3 is 0 Å². The van der Waals surface area contributed by atoms with Gasteiger partial charge in [0.1, 0.15) is 10.1 Å². The highest BCUT2D eigenvalue weighted by molar-refractivity contribution is 7.85. The Balaban J connectivity index is 1.52. The molecule has 0 saturated heterocycles. The van der Waals surface area contributed by atoms with Crippen molar-refractivity contribution in [2.45, 2.75) is 37.8 Å². The van der Waals surface area contributed by atoms with Crippen LogP contribution in [0.2, 0.25) is 0 Å². The Morgan fingerprint density at radius 2 is 1.02 bits per heavy atom. The molecule has 5 nitrogen and oxygen atoms in total. The number of nitrogens with one attached hydrogen (secondary N) is 2. The van der Waals surface area contributed by atoms with Gasteiger partial charge in [-0.2, -0.15) is 0 Å². The second kappa shape index (κ2) is 12.4. The van der Waals surface area contributed by atoms with Gasteiger partial charge in [0.2, 0.25) is 0 Å². The number of anilines is 2. The van der Waals surface area contributed by atoms with Gasteiger partial charge < -0.3 is 15.2 Å². The van der Waals surface area contributed by atoms with Crippen molar-refractivity contribution in [2.24, 2.45) is 0 Å². The van der Waals surface area contributed by atoms with E-state index in [0.29, 0.717) is 18.7 Å². The van der Waals surface area contributed by atoms with Gasteiger partial charge in [0.05, 0.1) is 4.90 Å². The second-order valence-corrected chi connectivity index (χ2v) is 11.6. The Bertz CT molecular complexity index is 1640. The smallest absolute Gasteiger partial charge is 0.124 e. The summed E-state index contributed by atoms with van der Waals surface area (Å²) in [6, 6.07) is 39.1. The molecule has 208 valence electrons. The van der Waals surface area contributed by atoms with Gasteiger partial charge in [-0.3, -0.25) is 0 Å². The molecule has 5 rings (SSSR count). The number of hydrogen-bond acceptors (Lipinski definition) is 5. The third kappa shape index (κ3) is 6.85. The zero-order chi connectivity index (χ0) is 28.8. The molecule has 6 heteroatoms. The summed E-state index contributed by atoms with van der Waals surface area (Å²) in [6.45, 7) is 5.43. The van der Waals surface area contributed by atoms with Crippen molar-refractivity contribution in [3.63, 3.8) is 0 Å². The molecule has 0 heterocycles. The first kappa shape index (κ1) is 28.1. The zero-order valence-electron chi connectivity index (χ0n) is 23.2. The Morgan fingerprint density at radius 3 is 1.46 bits per heavy atom. The summed E-state index contributed by atoms with van der Waals surface area (Å²) < 4.78 is 37.1. The minimum absolute atomic E-state index is 0.193. The third-order valence-corrected chi connectivity index (χ3v) is 8.25. The van der Waals surface area contributed by atoms with Crippen LogP contribution in [0.15, 0.2) is 126 Å². The summed E-state index contributed by atoms with van der Waals surface area (Å²) in [5.74, 6) is -0.443. The molecule has 5 aromatic carbocycles. The van der Waals surface area contributed by atoms with Crippen molar-refractivity contribution in [3.8, 4) is 0 Å². The normalized spacial score (nSPS) is 11.4. The highest BCUT2D eigenvalue weighted by Crippen LogP contribution is 2.39. The Morgan fingerprint density at radius 1 is 0.585 bits per heavy atom. The highest BCUT2D eigenvalue weighted by Gasteiger charge is 2.25. The van der Waals surface area contributed by atoms with E-state index in [1.807, 2.05) is 74.5 Å². The standard InChI is InChI=1S/C35H34N2O3S/c1-25-21-29(36-23-27-11-5-3-6-12-27)17-19-31(25)35(33-15-9-10-16-34(33)41(38,39)40)32-20-18-30(22-26(32)2)37-24-28-13-7-4-8-14-28/h3-22,35-37H,23-24H2,1-2H3,(H,38,39,40)/p-1. The van der Waals surface area contributed by atoms with Crippen LogP contribution in [-0.4, -0.2) is 13.0 Å². The molecule has 0 bridgehead atoms. The summed E-state index contributed by atoms with van der Waals surface area (Å²) in [7, 11) is -4.69. The lowest BCUT2D eigenvalue weighted by Crippen LogP contribution is -2.13. The molecule has 0 amide bonds. The Labute approximate surface area is 242 Å². The molecular weight excluding hydrogens is 528 g/mol. The summed E-state index contributed by atoms with van der Waals surface area (Å²) in [5.41, 5.74) is 8.65. The van der Waals surface area contributed by atoms with Crippen molar-refractivity contribution < 1.29 is 13.0 Å². The van der Waals surface area contributed by atoms with Crippen molar-refractivity contribution in [3.05, 3.63) is 160 Å². The van der Waals surface area contributed by atoms with E-state index in [1.165, 1.54) is 17.2 Å². The van der Waals surface area contributed by atoms with Crippen LogP contribution < -0.4 is 10.6 Å². The fraction of sp³-hybridized carbons (Fsp3) is 0.143. The second-order valence-electron chi connectivity index (χ2n) is 10.2. The van der Waals surface area contributed by atoms with E-state index < -0.39 is 16.0 Å². The molecule has 0 spiro atoms. The topological polar surface area (TPSA) is 81.3 Å².